The van der Waals surface area contributed by atoms with Crippen LogP contribution in [0.4, 0.5) is 5.69 Å². The molecule has 8 nitrogen and oxygen atoms in total. The van der Waals surface area contributed by atoms with Crippen molar-refractivity contribution in [2.45, 2.75) is 25.5 Å². The number of nitrogens with one attached hydrogen (secondary N) is 3. The number of nitrogens with two attached hydrogens (primary N) is 1. The van der Waals surface area contributed by atoms with Crippen LogP contribution in [-0.4, -0.2) is 49.6 Å². The van der Waals surface area contributed by atoms with Gasteiger partial charge in [0.05, 0.1) is 12.7 Å². The minimum atomic E-state index is -0.479. The van der Waals surface area contributed by atoms with Gasteiger partial charge in [-0.2, -0.15) is 0 Å². The molecule has 0 bridgehead atoms. The van der Waals surface area contributed by atoms with Gasteiger partial charge in [0.15, 0.2) is 0 Å². The van der Waals surface area contributed by atoms with E-state index in [0.29, 0.717) is 24.4 Å². The van der Waals surface area contributed by atoms with Gasteiger partial charge < -0.3 is 26.4 Å². The Balaban J connectivity index is 1.95. The topological polar surface area (TPSA) is 123 Å². The van der Waals surface area contributed by atoms with Crippen LogP contribution in [0.2, 0.25) is 0 Å². The molecule has 24 heavy (non-hydrogen) atoms. The number of carbonyl (C=O) groups is 3. The predicted molar refractivity (Wildman–Crippen MR) is 88.4 cm³/mol. The Bertz CT molecular complexity index is 620. The highest BCUT2D eigenvalue weighted by molar-refractivity contribution is 5.98. The summed E-state index contributed by atoms with van der Waals surface area (Å²) in [5.74, 6) is -1.03. The van der Waals surface area contributed by atoms with Crippen LogP contribution in [-0.2, 0) is 14.3 Å². The predicted octanol–water partition coefficient (Wildman–Crippen LogP) is -0.393. The van der Waals surface area contributed by atoms with Crippen LogP contribution in [0.3, 0.4) is 0 Å². The summed E-state index contributed by atoms with van der Waals surface area (Å²) in [5.41, 5.74) is 5.93. The first-order chi connectivity index (χ1) is 11.5. The van der Waals surface area contributed by atoms with Crippen molar-refractivity contribution in [1.82, 2.24) is 10.6 Å². The van der Waals surface area contributed by atoms with Gasteiger partial charge in [0.25, 0.3) is 5.91 Å². The average Bonchev–Trinajstić information content (AvgIpc) is 2.55. The van der Waals surface area contributed by atoms with Crippen LogP contribution in [0.15, 0.2) is 24.3 Å². The molecule has 1 saturated heterocycles. The second-order valence-electron chi connectivity index (χ2n) is 5.55. The van der Waals surface area contributed by atoms with Crippen LogP contribution >= 0.6 is 0 Å². The first kappa shape index (κ1) is 17.9. The number of anilines is 1. The fraction of sp³-hybridized carbons (Fsp3) is 0.438. The van der Waals surface area contributed by atoms with Crippen LogP contribution in [0.1, 0.15) is 23.7 Å². The van der Waals surface area contributed by atoms with E-state index in [1.165, 1.54) is 0 Å². The number of rotatable bonds is 6. The number of benzene rings is 1. The lowest BCUT2D eigenvalue weighted by Gasteiger charge is -2.29. The summed E-state index contributed by atoms with van der Waals surface area (Å²) in [4.78, 5) is 35.0. The van der Waals surface area contributed by atoms with E-state index in [2.05, 4.69) is 16.0 Å². The zero-order valence-electron chi connectivity index (χ0n) is 13.5. The Morgan fingerprint density at radius 2 is 2.17 bits per heavy atom. The third-order valence-corrected chi connectivity index (χ3v) is 3.65. The van der Waals surface area contributed by atoms with E-state index in [-0.39, 0.29) is 30.9 Å². The summed E-state index contributed by atoms with van der Waals surface area (Å²) < 4.78 is 5.45. The molecule has 0 aliphatic carbocycles. The van der Waals surface area contributed by atoms with Crippen molar-refractivity contribution < 1.29 is 19.1 Å². The molecule has 130 valence electrons. The molecule has 2 atom stereocenters. The summed E-state index contributed by atoms with van der Waals surface area (Å²) in [7, 11) is 0. The van der Waals surface area contributed by atoms with Crippen molar-refractivity contribution in [3.05, 3.63) is 29.8 Å². The Morgan fingerprint density at radius 1 is 1.38 bits per heavy atom. The second-order valence-corrected chi connectivity index (χ2v) is 5.55. The fourth-order valence-electron chi connectivity index (χ4n) is 2.39. The lowest BCUT2D eigenvalue weighted by molar-refractivity contribution is -0.123. The largest absolute Gasteiger partial charge is 0.375 e. The van der Waals surface area contributed by atoms with Crippen molar-refractivity contribution in [1.29, 1.82) is 0 Å². The van der Waals surface area contributed by atoms with Crippen LogP contribution in [0.5, 0.6) is 0 Å². The van der Waals surface area contributed by atoms with Gasteiger partial charge in [0.2, 0.25) is 11.8 Å². The van der Waals surface area contributed by atoms with Crippen molar-refractivity contribution in [3.8, 4) is 0 Å². The molecule has 1 aromatic rings. The quantitative estimate of drug-likeness (QED) is 0.564. The van der Waals surface area contributed by atoms with Gasteiger partial charge in [0, 0.05) is 30.8 Å². The summed E-state index contributed by atoms with van der Waals surface area (Å²) in [6.07, 6.45) is -0.146. The van der Waals surface area contributed by atoms with Gasteiger partial charge in [0.1, 0.15) is 6.04 Å². The molecule has 1 fully saturated rings. The molecule has 5 N–H and O–H groups in total. The smallest absolute Gasteiger partial charge is 0.251 e. The molecular weight excluding hydrogens is 312 g/mol. The van der Waals surface area contributed by atoms with Crippen LogP contribution < -0.4 is 21.7 Å². The van der Waals surface area contributed by atoms with Crippen molar-refractivity contribution in [2.75, 3.05) is 25.0 Å². The highest BCUT2D eigenvalue weighted by Gasteiger charge is 2.28. The zero-order chi connectivity index (χ0) is 17.5. The third kappa shape index (κ3) is 5.04. The van der Waals surface area contributed by atoms with E-state index in [1.807, 2.05) is 6.92 Å². The van der Waals surface area contributed by atoms with E-state index >= 15 is 0 Å². The van der Waals surface area contributed by atoms with Gasteiger partial charge in [-0.3, -0.25) is 14.4 Å². The van der Waals surface area contributed by atoms with E-state index in [0.717, 1.165) is 0 Å². The molecule has 1 aliphatic heterocycles. The lowest BCUT2D eigenvalue weighted by atomic mass is 10.1. The van der Waals surface area contributed by atoms with Gasteiger partial charge in [-0.05, 0) is 25.1 Å². The monoisotopic (exact) mass is 334 g/mol. The second kappa shape index (κ2) is 8.42. The van der Waals surface area contributed by atoms with Crippen LogP contribution in [0, 0.1) is 0 Å². The molecule has 2 rings (SSSR count). The molecule has 0 spiro atoms. The normalized spacial score (nSPS) is 20.2. The van der Waals surface area contributed by atoms with Crippen LogP contribution in [0.25, 0.3) is 0 Å². The standard InChI is InChI=1S/C16H22N4O4/c1-10-14(18-7-8-24-10)16(23)20-12-4-2-3-11(9-12)15(22)19-6-5-13(17)21/h2-4,9-10,14,18H,5-8H2,1H3,(H2,17,21)(H,19,22)(H,20,23)/t10-,14+/m1/s1. The molecular formula is C16H22N4O4. The van der Waals surface area contributed by atoms with Gasteiger partial charge in [-0.15, -0.1) is 0 Å². The number of amides is 3. The molecule has 8 heteroatoms. The number of morpholine rings is 1. The maximum atomic E-state index is 12.3. The minimum absolute atomic E-state index is 0.0768. The molecule has 0 radical (unpaired) electrons. The Hall–Kier alpha value is -2.45. The number of ether oxygens (including phenoxy) is 1. The highest BCUT2D eigenvalue weighted by atomic mass is 16.5. The maximum absolute atomic E-state index is 12.3. The molecule has 3 amide bonds. The van der Waals surface area contributed by atoms with Crippen molar-refractivity contribution in [3.63, 3.8) is 0 Å². The lowest BCUT2D eigenvalue weighted by Crippen LogP contribution is -2.53. The maximum Gasteiger partial charge on any atom is 0.251 e. The first-order valence-corrected chi connectivity index (χ1v) is 7.80. The fourth-order valence-corrected chi connectivity index (χ4v) is 2.39. The van der Waals surface area contributed by atoms with Gasteiger partial charge >= 0.3 is 0 Å². The molecule has 0 aromatic heterocycles. The number of carbonyl (C=O) groups excluding carboxylic acids is 3. The van der Waals surface area contributed by atoms with E-state index in [1.54, 1.807) is 24.3 Å². The highest BCUT2D eigenvalue weighted by Crippen LogP contribution is 2.13. The van der Waals surface area contributed by atoms with E-state index in [9.17, 15) is 14.4 Å². The number of hydrogen-bond donors (Lipinski definition) is 4. The summed E-state index contributed by atoms with van der Waals surface area (Å²) in [6.45, 7) is 3.20. The Kier molecular flexibility index (Phi) is 6.28. The Morgan fingerprint density at radius 3 is 2.88 bits per heavy atom. The molecule has 1 heterocycles. The third-order valence-electron chi connectivity index (χ3n) is 3.65. The molecule has 1 aromatic carbocycles. The zero-order valence-corrected chi connectivity index (χ0v) is 13.5. The molecule has 0 unspecified atom stereocenters. The summed E-state index contributed by atoms with van der Waals surface area (Å²) >= 11 is 0. The van der Waals surface area contributed by atoms with E-state index in [4.69, 9.17) is 10.5 Å². The van der Waals surface area contributed by atoms with Crippen molar-refractivity contribution >= 4 is 23.4 Å². The SMILES string of the molecule is C[C@H]1OCCN[C@@H]1C(=O)Nc1cccc(C(=O)NCCC(N)=O)c1. The summed E-state index contributed by atoms with van der Waals surface area (Å²) in [6, 6.07) is 6.14. The number of hydrogen-bond acceptors (Lipinski definition) is 5. The number of primary amides is 1. The Labute approximate surface area is 140 Å². The van der Waals surface area contributed by atoms with Gasteiger partial charge in [-0.1, -0.05) is 6.07 Å². The van der Waals surface area contributed by atoms with Crippen molar-refractivity contribution in [2.24, 2.45) is 5.73 Å². The minimum Gasteiger partial charge on any atom is -0.375 e. The van der Waals surface area contributed by atoms with Gasteiger partial charge in [-0.25, -0.2) is 0 Å². The molecule has 0 saturated carbocycles. The summed E-state index contributed by atoms with van der Waals surface area (Å²) in [5, 5.41) is 8.48. The molecule has 1 aliphatic rings. The average molecular weight is 334 g/mol. The first-order valence-electron chi connectivity index (χ1n) is 7.80. The van der Waals surface area contributed by atoms with E-state index < -0.39 is 11.9 Å².